The molecular weight excluding hydrogens is 268 g/mol. The molecule has 1 heterocycles. The minimum atomic E-state index is -0.620. The highest BCUT2D eigenvalue weighted by Crippen LogP contribution is 2.29. The van der Waals surface area contributed by atoms with Crippen LogP contribution in [-0.2, 0) is 11.8 Å². The van der Waals surface area contributed by atoms with E-state index in [-0.39, 0.29) is 5.41 Å². The van der Waals surface area contributed by atoms with Gasteiger partial charge in [0, 0.05) is 0 Å². The zero-order valence-electron chi connectivity index (χ0n) is 12.6. The minimum Gasteiger partial charge on any atom is -0.383 e. The van der Waals surface area contributed by atoms with Crippen LogP contribution in [0.5, 0.6) is 0 Å². The fourth-order valence-electron chi connectivity index (χ4n) is 2.15. The molecule has 1 aromatic heterocycles. The molecule has 0 fully saturated rings. The number of benzene rings is 1. The van der Waals surface area contributed by atoms with Gasteiger partial charge in [-0.25, -0.2) is 0 Å². The molecule has 1 aromatic carbocycles. The predicted molar refractivity (Wildman–Crippen MR) is 83.1 cm³/mol. The molecule has 1 unspecified atom stereocenters. The highest BCUT2D eigenvalue weighted by Gasteiger charge is 2.19. The van der Waals surface area contributed by atoms with Gasteiger partial charge in [-0.3, -0.25) is 0 Å². The predicted octanol–water partition coefficient (Wildman–Crippen LogP) is 3.87. The van der Waals surface area contributed by atoms with Crippen LogP contribution in [0.2, 0.25) is 0 Å². The maximum Gasteiger partial charge on any atom is 0.117 e. The Balaban J connectivity index is 2.25. The third-order valence-corrected chi connectivity index (χ3v) is 4.23. The smallest absolute Gasteiger partial charge is 0.117 e. The zero-order chi connectivity index (χ0) is 14.8. The number of hydrogen-bond donors (Lipinski definition) is 1. The number of rotatable bonds is 4. The van der Waals surface area contributed by atoms with Gasteiger partial charge in [0.05, 0.1) is 10.6 Å². The summed E-state index contributed by atoms with van der Waals surface area (Å²) >= 11 is 1.29. The molecule has 0 aliphatic rings. The van der Waals surface area contributed by atoms with Crippen molar-refractivity contribution in [1.29, 1.82) is 0 Å². The summed E-state index contributed by atoms with van der Waals surface area (Å²) in [6.07, 6.45) is 1.25. The van der Waals surface area contributed by atoms with E-state index in [0.29, 0.717) is 0 Å². The topological polar surface area (TPSA) is 46.0 Å². The number of aliphatic hydroxyl groups excluding tert-OH is 1. The summed E-state index contributed by atoms with van der Waals surface area (Å²) in [4.78, 5) is 0.871. The first-order chi connectivity index (χ1) is 9.43. The molecule has 20 heavy (non-hydrogen) atoms. The van der Waals surface area contributed by atoms with Crippen LogP contribution < -0.4 is 0 Å². The lowest BCUT2D eigenvalue weighted by Crippen LogP contribution is -2.11. The van der Waals surface area contributed by atoms with Gasteiger partial charge in [0.1, 0.15) is 6.10 Å². The quantitative estimate of drug-likeness (QED) is 0.929. The second kappa shape index (κ2) is 6.02. The fourth-order valence-corrected chi connectivity index (χ4v) is 2.86. The molecule has 4 heteroatoms. The Morgan fingerprint density at radius 3 is 2.40 bits per heavy atom. The summed E-state index contributed by atoms with van der Waals surface area (Å²) < 4.78 is 3.98. The van der Waals surface area contributed by atoms with Crippen molar-refractivity contribution in [3.05, 3.63) is 46.0 Å². The molecule has 1 N–H and O–H groups in total. The molecule has 2 rings (SSSR count). The Morgan fingerprint density at radius 2 is 1.85 bits per heavy atom. The summed E-state index contributed by atoms with van der Waals surface area (Å²) in [5.74, 6) is 0. The SMILES string of the molecule is CCCc1nnsc1C(O)c1ccc(C(C)(C)C)cc1. The van der Waals surface area contributed by atoms with E-state index in [4.69, 9.17) is 0 Å². The molecule has 3 nitrogen and oxygen atoms in total. The average Bonchev–Trinajstić information content (AvgIpc) is 2.86. The van der Waals surface area contributed by atoms with E-state index in [1.54, 1.807) is 0 Å². The van der Waals surface area contributed by atoms with E-state index < -0.39 is 6.10 Å². The Kier molecular flexibility index (Phi) is 4.55. The van der Waals surface area contributed by atoms with Crippen LogP contribution in [0.25, 0.3) is 0 Å². The molecule has 0 saturated carbocycles. The van der Waals surface area contributed by atoms with Crippen molar-refractivity contribution in [3.8, 4) is 0 Å². The summed E-state index contributed by atoms with van der Waals surface area (Å²) in [5.41, 5.74) is 3.22. The van der Waals surface area contributed by atoms with Crippen LogP contribution >= 0.6 is 11.5 Å². The number of aryl methyl sites for hydroxylation is 1. The number of aromatic nitrogens is 2. The Labute approximate surface area is 124 Å². The molecule has 0 amide bonds. The molecule has 108 valence electrons. The second-order valence-electron chi connectivity index (χ2n) is 6.11. The largest absolute Gasteiger partial charge is 0.383 e. The molecule has 2 aromatic rings. The van der Waals surface area contributed by atoms with Crippen LogP contribution in [0.4, 0.5) is 0 Å². The molecule has 0 spiro atoms. The van der Waals surface area contributed by atoms with E-state index in [1.807, 2.05) is 12.1 Å². The lowest BCUT2D eigenvalue weighted by atomic mass is 9.86. The highest BCUT2D eigenvalue weighted by molar-refractivity contribution is 7.05. The van der Waals surface area contributed by atoms with Crippen LogP contribution in [0.15, 0.2) is 24.3 Å². The Hall–Kier alpha value is -1.26. The Morgan fingerprint density at radius 1 is 1.20 bits per heavy atom. The summed E-state index contributed by atoms with van der Waals surface area (Å²) in [7, 11) is 0. The molecule has 0 aliphatic heterocycles. The van der Waals surface area contributed by atoms with Gasteiger partial charge >= 0.3 is 0 Å². The van der Waals surface area contributed by atoms with Crippen LogP contribution in [-0.4, -0.2) is 14.7 Å². The summed E-state index contributed by atoms with van der Waals surface area (Å²) in [5, 5.41) is 14.6. The fraction of sp³-hybridized carbons (Fsp3) is 0.500. The maximum atomic E-state index is 10.5. The molecule has 1 atom stereocenters. The van der Waals surface area contributed by atoms with E-state index in [0.717, 1.165) is 29.0 Å². The van der Waals surface area contributed by atoms with E-state index in [2.05, 4.69) is 49.4 Å². The number of nitrogens with zero attached hydrogens (tertiary/aromatic N) is 2. The van der Waals surface area contributed by atoms with Crippen LogP contribution in [0, 0.1) is 0 Å². The van der Waals surface area contributed by atoms with Crippen molar-refractivity contribution in [3.63, 3.8) is 0 Å². The van der Waals surface area contributed by atoms with Gasteiger partial charge in [-0.1, -0.05) is 62.9 Å². The lowest BCUT2D eigenvalue weighted by Gasteiger charge is -2.20. The minimum absolute atomic E-state index is 0.128. The van der Waals surface area contributed by atoms with Crippen molar-refractivity contribution in [2.24, 2.45) is 0 Å². The second-order valence-corrected chi connectivity index (χ2v) is 6.89. The zero-order valence-corrected chi connectivity index (χ0v) is 13.4. The van der Waals surface area contributed by atoms with Crippen molar-refractivity contribution < 1.29 is 5.11 Å². The normalized spacial score (nSPS) is 13.4. The van der Waals surface area contributed by atoms with Crippen molar-refractivity contribution in [1.82, 2.24) is 9.59 Å². The maximum absolute atomic E-state index is 10.5. The van der Waals surface area contributed by atoms with Gasteiger partial charge in [0.2, 0.25) is 0 Å². The van der Waals surface area contributed by atoms with E-state index in [9.17, 15) is 5.11 Å². The summed E-state index contributed by atoms with van der Waals surface area (Å²) in [6.45, 7) is 8.66. The molecule has 0 aliphatic carbocycles. The van der Waals surface area contributed by atoms with Gasteiger partial charge < -0.3 is 5.11 Å². The molecule has 0 radical (unpaired) electrons. The average molecular weight is 290 g/mol. The van der Waals surface area contributed by atoms with Gasteiger partial charge in [0.25, 0.3) is 0 Å². The van der Waals surface area contributed by atoms with Crippen LogP contribution in [0.3, 0.4) is 0 Å². The van der Waals surface area contributed by atoms with Crippen molar-refractivity contribution in [2.45, 2.75) is 52.1 Å². The van der Waals surface area contributed by atoms with Gasteiger partial charge in [-0.05, 0) is 34.5 Å². The van der Waals surface area contributed by atoms with Gasteiger partial charge in [-0.2, -0.15) is 0 Å². The molecular formula is C16H22N2OS. The summed E-state index contributed by atoms with van der Waals surface area (Å²) in [6, 6.07) is 8.18. The highest BCUT2D eigenvalue weighted by atomic mass is 32.1. The third-order valence-electron chi connectivity index (χ3n) is 3.41. The van der Waals surface area contributed by atoms with Gasteiger partial charge in [-0.15, -0.1) is 5.10 Å². The van der Waals surface area contributed by atoms with Gasteiger partial charge in [0.15, 0.2) is 0 Å². The monoisotopic (exact) mass is 290 g/mol. The number of hydrogen-bond acceptors (Lipinski definition) is 4. The van der Waals surface area contributed by atoms with E-state index >= 15 is 0 Å². The van der Waals surface area contributed by atoms with Crippen molar-refractivity contribution in [2.75, 3.05) is 0 Å². The standard InChI is InChI=1S/C16H22N2OS/c1-5-6-13-15(20-18-17-13)14(19)11-7-9-12(10-8-11)16(2,3)4/h7-10,14,19H,5-6H2,1-4H3. The Bertz CT molecular complexity index is 555. The molecule has 0 saturated heterocycles. The molecule has 0 bridgehead atoms. The number of aliphatic hydroxyl groups is 1. The lowest BCUT2D eigenvalue weighted by molar-refractivity contribution is 0.222. The first kappa shape index (κ1) is 15.1. The third kappa shape index (κ3) is 3.25. The first-order valence-corrected chi connectivity index (χ1v) is 7.80. The van der Waals surface area contributed by atoms with E-state index in [1.165, 1.54) is 17.1 Å². The van der Waals surface area contributed by atoms with Crippen LogP contribution in [0.1, 0.15) is 61.9 Å². The van der Waals surface area contributed by atoms with Crippen molar-refractivity contribution >= 4 is 11.5 Å². The first-order valence-electron chi connectivity index (χ1n) is 7.03.